The minimum atomic E-state index is -0.651. The molecule has 0 saturated heterocycles. The fourth-order valence-electron chi connectivity index (χ4n) is 2.30. The molecule has 0 saturated carbocycles. The van der Waals surface area contributed by atoms with Crippen molar-refractivity contribution in [2.24, 2.45) is 5.73 Å². The van der Waals surface area contributed by atoms with E-state index in [-0.39, 0.29) is 5.78 Å². The lowest BCUT2D eigenvalue weighted by Gasteiger charge is -2.12. The molecule has 3 nitrogen and oxygen atoms in total. The summed E-state index contributed by atoms with van der Waals surface area (Å²) in [4.78, 5) is 16.9. The molecule has 1 aromatic heterocycles. The van der Waals surface area contributed by atoms with Crippen LogP contribution in [0.2, 0.25) is 0 Å². The molecule has 3 rings (SSSR count). The number of carbonyl (C=O) groups is 1. The first-order chi connectivity index (χ1) is 9.77. The number of aromatic nitrogens is 1. The molecule has 3 heteroatoms. The zero-order valence-electron chi connectivity index (χ0n) is 10.9. The van der Waals surface area contributed by atoms with E-state index in [1.54, 1.807) is 12.3 Å². The van der Waals surface area contributed by atoms with Gasteiger partial charge in [-0.1, -0.05) is 48.5 Å². The molecular weight excluding hydrogens is 248 g/mol. The monoisotopic (exact) mass is 262 g/mol. The second kappa shape index (κ2) is 5.23. The van der Waals surface area contributed by atoms with Gasteiger partial charge in [0.2, 0.25) is 0 Å². The Morgan fingerprint density at radius 2 is 1.75 bits per heavy atom. The largest absolute Gasteiger partial charge is 0.318 e. The summed E-state index contributed by atoms with van der Waals surface area (Å²) in [5, 5.41) is 0.839. The fourth-order valence-corrected chi connectivity index (χ4v) is 2.30. The molecule has 0 fully saturated rings. The van der Waals surface area contributed by atoms with Gasteiger partial charge in [0.1, 0.15) is 0 Å². The SMILES string of the molecule is NC(C(=O)c1cccc2ncccc12)c1ccccc1. The van der Waals surface area contributed by atoms with Gasteiger partial charge in [-0.2, -0.15) is 0 Å². The van der Waals surface area contributed by atoms with Gasteiger partial charge in [0.15, 0.2) is 5.78 Å². The summed E-state index contributed by atoms with van der Waals surface area (Å²) < 4.78 is 0. The summed E-state index contributed by atoms with van der Waals surface area (Å²) >= 11 is 0. The van der Waals surface area contributed by atoms with Crippen molar-refractivity contribution < 1.29 is 4.79 Å². The van der Waals surface area contributed by atoms with Crippen LogP contribution in [-0.2, 0) is 0 Å². The van der Waals surface area contributed by atoms with Crippen LogP contribution in [0.1, 0.15) is 22.0 Å². The number of nitrogens with two attached hydrogens (primary N) is 1. The van der Waals surface area contributed by atoms with Gasteiger partial charge in [-0.15, -0.1) is 0 Å². The van der Waals surface area contributed by atoms with Crippen molar-refractivity contribution in [3.05, 3.63) is 78.0 Å². The third-order valence-electron chi connectivity index (χ3n) is 3.35. The van der Waals surface area contributed by atoms with E-state index < -0.39 is 6.04 Å². The number of Topliss-reactive ketones (excluding diaryl/α,β-unsaturated/α-hetero) is 1. The third kappa shape index (κ3) is 2.19. The van der Waals surface area contributed by atoms with Gasteiger partial charge in [-0.3, -0.25) is 9.78 Å². The Bertz CT molecular complexity index is 748. The molecule has 1 heterocycles. The Kier molecular flexibility index (Phi) is 3.27. The molecule has 0 amide bonds. The number of carbonyl (C=O) groups excluding carboxylic acids is 1. The van der Waals surface area contributed by atoms with Crippen LogP contribution in [0.4, 0.5) is 0 Å². The van der Waals surface area contributed by atoms with Gasteiger partial charge < -0.3 is 5.73 Å². The van der Waals surface area contributed by atoms with Crippen LogP contribution in [0.25, 0.3) is 10.9 Å². The normalized spacial score (nSPS) is 12.2. The van der Waals surface area contributed by atoms with Gasteiger partial charge in [0, 0.05) is 17.1 Å². The van der Waals surface area contributed by atoms with Gasteiger partial charge in [0.05, 0.1) is 11.6 Å². The standard InChI is InChI=1S/C17H14N2O/c18-16(12-6-2-1-3-7-12)17(20)14-8-4-10-15-13(14)9-5-11-19-15/h1-11,16H,18H2. The van der Waals surface area contributed by atoms with E-state index in [2.05, 4.69) is 4.98 Å². The van der Waals surface area contributed by atoms with Crippen molar-refractivity contribution in [3.63, 3.8) is 0 Å². The zero-order chi connectivity index (χ0) is 13.9. The number of ketones is 1. The highest BCUT2D eigenvalue weighted by Crippen LogP contribution is 2.22. The summed E-state index contributed by atoms with van der Waals surface area (Å²) in [5.41, 5.74) is 8.33. The Labute approximate surface area is 117 Å². The summed E-state index contributed by atoms with van der Waals surface area (Å²) in [5.74, 6) is -0.0881. The summed E-state index contributed by atoms with van der Waals surface area (Å²) in [6.45, 7) is 0. The first-order valence-electron chi connectivity index (χ1n) is 6.46. The average molecular weight is 262 g/mol. The van der Waals surface area contributed by atoms with Crippen molar-refractivity contribution >= 4 is 16.7 Å². The molecule has 0 aliphatic carbocycles. The number of fused-ring (bicyclic) bond motifs is 1. The van der Waals surface area contributed by atoms with Crippen LogP contribution < -0.4 is 5.73 Å². The molecule has 3 aromatic rings. The number of nitrogens with zero attached hydrogens (tertiary/aromatic N) is 1. The lowest BCUT2D eigenvalue weighted by atomic mass is 9.95. The summed E-state index contributed by atoms with van der Waals surface area (Å²) in [6.07, 6.45) is 1.72. The fraction of sp³-hybridized carbons (Fsp3) is 0.0588. The van der Waals surface area contributed by atoms with Gasteiger partial charge in [-0.05, 0) is 17.7 Å². The number of rotatable bonds is 3. The predicted octanol–water partition coefficient (Wildman–Crippen LogP) is 3.12. The van der Waals surface area contributed by atoms with Crippen molar-refractivity contribution in [3.8, 4) is 0 Å². The molecule has 20 heavy (non-hydrogen) atoms. The zero-order valence-corrected chi connectivity index (χ0v) is 10.9. The molecule has 1 unspecified atom stereocenters. The van der Waals surface area contributed by atoms with Gasteiger partial charge in [-0.25, -0.2) is 0 Å². The second-order valence-electron chi connectivity index (χ2n) is 4.63. The smallest absolute Gasteiger partial charge is 0.184 e. The third-order valence-corrected chi connectivity index (χ3v) is 3.35. The van der Waals surface area contributed by atoms with Crippen molar-refractivity contribution in [2.75, 3.05) is 0 Å². The number of hydrogen-bond acceptors (Lipinski definition) is 3. The van der Waals surface area contributed by atoms with Crippen LogP contribution >= 0.6 is 0 Å². The molecule has 0 spiro atoms. The van der Waals surface area contributed by atoms with E-state index in [1.807, 2.05) is 54.6 Å². The number of hydrogen-bond donors (Lipinski definition) is 1. The summed E-state index contributed by atoms with van der Waals surface area (Å²) in [6, 6.07) is 18.0. The maximum atomic E-state index is 12.6. The Hall–Kier alpha value is -2.52. The van der Waals surface area contributed by atoms with Crippen molar-refractivity contribution in [1.29, 1.82) is 0 Å². The molecule has 98 valence electrons. The molecule has 2 aromatic carbocycles. The van der Waals surface area contributed by atoms with Gasteiger partial charge >= 0.3 is 0 Å². The quantitative estimate of drug-likeness (QED) is 0.738. The average Bonchev–Trinajstić information content (AvgIpc) is 2.54. The first-order valence-corrected chi connectivity index (χ1v) is 6.46. The maximum Gasteiger partial charge on any atom is 0.184 e. The topological polar surface area (TPSA) is 56.0 Å². The minimum Gasteiger partial charge on any atom is -0.318 e. The van der Waals surface area contributed by atoms with Crippen LogP contribution in [0.15, 0.2) is 66.9 Å². The maximum absolute atomic E-state index is 12.6. The number of pyridine rings is 1. The molecule has 0 aliphatic heterocycles. The highest BCUT2D eigenvalue weighted by Gasteiger charge is 2.19. The van der Waals surface area contributed by atoms with E-state index in [9.17, 15) is 4.79 Å². The van der Waals surface area contributed by atoms with E-state index in [4.69, 9.17) is 5.73 Å². The highest BCUT2D eigenvalue weighted by atomic mass is 16.1. The lowest BCUT2D eigenvalue weighted by molar-refractivity contribution is 0.0963. The van der Waals surface area contributed by atoms with Gasteiger partial charge in [0.25, 0.3) is 0 Å². The first kappa shape index (κ1) is 12.5. The van der Waals surface area contributed by atoms with Crippen molar-refractivity contribution in [2.45, 2.75) is 6.04 Å². The Morgan fingerprint density at radius 3 is 2.55 bits per heavy atom. The van der Waals surface area contributed by atoms with E-state index in [1.165, 1.54) is 0 Å². The predicted molar refractivity (Wildman–Crippen MR) is 79.4 cm³/mol. The molecule has 0 radical (unpaired) electrons. The lowest BCUT2D eigenvalue weighted by Crippen LogP contribution is -2.21. The van der Waals surface area contributed by atoms with Crippen LogP contribution in [0.5, 0.6) is 0 Å². The van der Waals surface area contributed by atoms with Crippen molar-refractivity contribution in [1.82, 2.24) is 4.98 Å². The molecule has 0 bridgehead atoms. The highest BCUT2D eigenvalue weighted by molar-refractivity contribution is 6.09. The molecule has 2 N–H and O–H groups in total. The number of benzene rings is 2. The van der Waals surface area contributed by atoms with E-state index >= 15 is 0 Å². The minimum absolute atomic E-state index is 0.0881. The molecule has 1 atom stereocenters. The van der Waals surface area contributed by atoms with E-state index in [0.29, 0.717) is 5.56 Å². The second-order valence-corrected chi connectivity index (χ2v) is 4.63. The van der Waals surface area contributed by atoms with Crippen LogP contribution in [-0.4, -0.2) is 10.8 Å². The van der Waals surface area contributed by atoms with Crippen LogP contribution in [0.3, 0.4) is 0 Å². The molecule has 0 aliphatic rings. The van der Waals surface area contributed by atoms with E-state index in [0.717, 1.165) is 16.5 Å². The Morgan fingerprint density at radius 1 is 0.950 bits per heavy atom. The Balaban J connectivity index is 2.05. The molecular formula is C17H14N2O. The summed E-state index contributed by atoms with van der Waals surface area (Å²) in [7, 11) is 0. The van der Waals surface area contributed by atoms with Crippen LogP contribution in [0, 0.1) is 0 Å².